The van der Waals surface area contributed by atoms with Gasteiger partial charge >= 0.3 is 13.6 Å². The molecule has 14 heavy (non-hydrogen) atoms. The minimum atomic E-state index is -3.62. The van der Waals surface area contributed by atoms with Crippen LogP contribution in [0.15, 0.2) is 0 Å². The molecule has 0 saturated carbocycles. The summed E-state index contributed by atoms with van der Waals surface area (Å²) in [4.78, 5) is 10.7. The van der Waals surface area contributed by atoms with E-state index in [1.165, 1.54) is 0 Å². The second kappa shape index (κ2) is 6.40. The van der Waals surface area contributed by atoms with Crippen molar-refractivity contribution in [1.29, 1.82) is 0 Å². The summed E-state index contributed by atoms with van der Waals surface area (Å²) in [6, 6.07) is 0. The molecule has 0 aromatic carbocycles. The standard InChI is InChI=1S/C7H14ClO5P/c1-3-12-14(11,13-4-2)6(5-8)7(9)10/h6H,3-5H2,1-2H3,(H,9,10). The van der Waals surface area contributed by atoms with Crippen molar-refractivity contribution in [3.63, 3.8) is 0 Å². The molecule has 0 aromatic rings. The van der Waals surface area contributed by atoms with E-state index in [0.717, 1.165) is 0 Å². The van der Waals surface area contributed by atoms with Crippen LogP contribution in [0, 0.1) is 0 Å². The molecule has 0 bridgehead atoms. The van der Waals surface area contributed by atoms with Crippen molar-refractivity contribution in [2.75, 3.05) is 19.1 Å². The van der Waals surface area contributed by atoms with Crippen LogP contribution in [-0.2, 0) is 18.4 Å². The van der Waals surface area contributed by atoms with Crippen LogP contribution < -0.4 is 0 Å². The number of rotatable bonds is 7. The monoisotopic (exact) mass is 244 g/mol. The second-order valence-electron chi connectivity index (χ2n) is 2.38. The predicted molar refractivity (Wildman–Crippen MR) is 53.0 cm³/mol. The number of halogens is 1. The number of carboxylic acid groups (broad SMARTS) is 1. The summed E-state index contributed by atoms with van der Waals surface area (Å²) in [5.41, 5.74) is -1.30. The fourth-order valence-corrected chi connectivity index (χ4v) is 3.10. The molecular weight excluding hydrogens is 230 g/mol. The van der Waals surface area contributed by atoms with Crippen molar-refractivity contribution in [1.82, 2.24) is 0 Å². The molecule has 0 aliphatic rings. The smallest absolute Gasteiger partial charge is 0.346 e. The van der Waals surface area contributed by atoms with Gasteiger partial charge in [0.15, 0.2) is 5.66 Å². The van der Waals surface area contributed by atoms with Gasteiger partial charge in [-0.25, -0.2) is 0 Å². The zero-order valence-electron chi connectivity index (χ0n) is 8.10. The highest BCUT2D eigenvalue weighted by atomic mass is 35.5. The maximum atomic E-state index is 11.9. The molecule has 0 heterocycles. The molecule has 1 unspecified atom stereocenters. The van der Waals surface area contributed by atoms with Gasteiger partial charge in [-0.2, -0.15) is 0 Å². The molecule has 5 nitrogen and oxygen atoms in total. The quantitative estimate of drug-likeness (QED) is 0.547. The number of carbonyl (C=O) groups is 1. The van der Waals surface area contributed by atoms with E-state index in [2.05, 4.69) is 0 Å². The van der Waals surface area contributed by atoms with Gasteiger partial charge in [-0.15, -0.1) is 11.6 Å². The maximum absolute atomic E-state index is 11.9. The third-order valence-electron chi connectivity index (χ3n) is 1.43. The van der Waals surface area contributed by atoms with Gasteiger partial charge in [0.05, 0.1) is 13.2 Å². The van der Waals surface area contributed by atoms with Crippen LogP contribution in [0.2, 0.25) is 0 Å². The van der Waals surface area contributed by atoms with Crippen LogP contribution in [-0.4, -0.2) is 35.8 Å². The van der Waals surface area contributed by atoms with E-state index in [4.69, 9.17) is 25.8 Å². The Bertz CT molecular complexity index is 222. The lowest BCUT2D eigenvalue weighted by atomic mass is 10.5. The molecule has 84 valence electrons. The molecule has 0 rings (SSSR count). The topological polar surface area (TPSA) is 72.8 Å². The summed E-state index contributed by atoms with van der Waals surface area (Å²) in [5.74, 6) is -1.57. The van der Waals surface area contributed by atoms with Gasteiger partial charge in [-0.1, -0.05) is 0 Å². The molecule has 0 radical (unpaired) electrons. The SMILES string of the molecule is CCOP(=O)(OCC)C(CCl)C(=O)O. The highest BCUT2D eigenvalue weighted by molar-refractivity contribution is 7.55. The van der Waals surface area contributed by atoms with Gasteiger partial charge in [-0.05, 0) is 13.8 Å². The van der Waals surface area contributed by atoms with E-state index in [9.17, 15) is 9.36 Å². The minimum Gasteiger partial charge on any atom is -0.481 e. The summed E-state index contributed by atoms with van der Waals surface area (Å²) in [6.45, 7) is 3.47. The Hall–Kier alpha value is -0.0900. The normalized spacial score (nSPS) is 13.9. The van der Waals surface area contributed by atoms with Crippen LogP contribution in [0.1, 0.15) is 13.8 Å². The molecule has 0 aliphatic heterocycles. The third kappa shape index (κ3) is 3.58. The van der Waals surface area contributed by atoms with Crippen LogP contribution in [0.25, 0.3) is 0 Å². The first-order valence-electron chi connectivity index (χ1n) is 4.19. The zero-order valence-corrected chi connectivity index (χ0v) is 9.75. The Kier molecular flexibility index (Phi) is 6.36. The van der Waals surface area contributed by atoms with Gasteiger partial charge in [0.1, 0.15) is 0 Å². The van der Waals surface area contributed by atoms with Crippen molar-refractivity contribution in [3.05, 3.63) is 0 Å². The Labute approximate surface area is 87.9 Å². The van der Waals surface area contributed by atoms with Crippen LogP contribution in [0.4, 0.5) is 0 Å². The van der Waals surface area contributed by atoms with Crippen molar-refractivity contribution in [3.8, 4) is 0 Å². The Balaban J connectivity index is 4.76. The zero-order chi connectivity index (χ0) is 11.2. The summed E-state index contributed by atoms with van der Waals surface area (Å²) < 4.78 is 21.6. The van der Waals surface area contributed by atoms with Crippen molar-refractivity contribution in [2.24, 2.45) is 0 Å². The molecule has 1 atom stereocenters. The van der Waals surface area contributed by atoms with E-state index < -0.39 is 19.2 Å². The predicted octanol–water partition coefficient (Wildman–Crippen LogP) is 1.94. The summed E-state index contributed by atoms with van der Waals surface area (Å²) in [7, 11) is -3.62. The van der Waals surface area contributed by atoms with Crippen molar-refractivity contribution < 1.29 is 23.5 Å². The van der Waals surface area contributed by atoms with Crippen molar-refractivity contribution >= 4 is 25.2 Å². The summed E-state index contributed by atoms with van der Waals surface area (Å²) >= 11 is 5.41. The molecule has 0 fully saturated rings. The second-order valence-corrected chi connectivity index (χ2v) is 4.91. The van der Waals surface area contributed by atoms with Gasteiger partial charge < -0.3 is 14.2 Å². The fraction of sp³-hybridized carbons (Fsp3) is 0.857. The largest absolute Gasteiger partial charge is 0.481 e. The Morgan fingerprint density at radius 3 is 2.07 bits per heavy atom. The Morgan fingerprint density at radius 1 is 1.43 bits per heavy atom. The molecule has 7 heteroatoms. The molecule has 0 spiro atoms. The van der Waals surface area contributed by atoms with Crippen LogP contribution in [0.3, 0.4) is 0 Å². The third-order valence-corrected chi connectivity index (χ3v) is 4.36. The summed E-state index contributed by atoms with van der Waals surface area (Å²) in [5, 5.41) is 8.75. The molecule has 0 aromatic heterocycles. The molecule has 0 saturated heterocycles. The van der Waals surface area contributed by atoms with Gasteiger partial charge in [-0.3, -0.25) is 9.36 Å². The van der Waals surface area contributed by atoms with E-state index in [1.54, 1.807) is 13.8 Å². The number of alkyl halides is 1. The lowest BCUT2D eigenvalue weighted by Gasteiger charge is -2.21. The first kappa shape index (κ1) is 13.9. The van der Waals surface area contributed by atoms with E-state index in [-0.39, 0.29) is 19.1 Å². The number of aliphatic carboxylic acids is 1. The number of carboxylic acids is 1. The average molecular weight is 245 g/mol. The maximum Gasteiger partial charge on any atom is 0.346 e. The van der Waals surface area contributed by atoms with E-state index >= 15 is 0 Å². The number of hydrogen-bond donors (Lipinski definition) is 1. The highest BCUT2D eigenvalue weighted by Crippen LogP contribution is 2.53. The molecule has 0 amide bonds. The summed E-state index contributed by atoms with van der Waals surface area (Å²) in [6.07, 6.45) is 0. The van der Waals surface area contributed by atoms with Gasteiger partial charge in [0, 0.05) is 5.88 Å². The highest BCUT2D eigenvalue weighted by Gasteiger charge is 2.40. The van der Waals surface area contributed by atoms with E-state index in [0.29, 0.717) is 0 Å². The molecule has 0 aliphatic carbocycles. The lowest BCUT2D eigenvalue weighted by molar-refractivity contribution is -0.136. The van der Waals surface area contributed by atoms with Gasteiger partial charge in [0.25, 0.3) is 0 Å². The fourth-order valence-electron chi connectivity index (χ4n) is 0.863. The Morgan fingerprint density at radius 2 is 1.86 bits per heavy atom. The first-order chi connectivity index (χ1) is 6.51. The molecule has 1 N–H and O–H groups in total. The van der Waals surface area contributed by atoms with Crippen LogP contribution in [0.5, 0.6) is 0 Å². The van der Waals surface area contributed by atoms with Crippen LogP contribution >= 0.6 is 19.2 Å². The van der Waals surface area contributed by atoms with Gasteiger partial charge in [0.2, 0.25) is 0 Å². The first-order valence-corrected chi connectivity index (χ1v) is 6.34. The molecular formula is C7H14ClO5P. The average Bonchev–Trinajstić information content (AvgIpc) is 2.04. The van der Waals surface area contributed by atoms with Crippen molar-refractivity contribution in [2.45, 2.75) is 19.5 Å². The van der Waals surface area contributed by atoms with E-state index in [1.807, 2.05) is 0 Å². The minimum absolute atomic E-state index is 0.123. The lowest BCUT2D eigenvalue weighted by Crippen LogP contribution is -2.24. The number of hydrogen-bond acceptors (Lipinski definition) is 4.